The maximum Gasteiger partial charge on any atom is 0.245 e. The van der Waals surface area contributed by atoms with E-state index in [0.29, 0.717) is 30.3 Å². The molecule has 0 bridgehead atoms. The smallest absolute Gasteiger partial charge is 0.245 e. The average molecular weight is 268 g/mol. The van der Waals surface area contributed by atoms with E-state index in [-0.39, 0.29) is 4.90 Å². The molecule has 18 heavy (non-hydrogen) atoms. The second-order valence-electron chi connectivity index (χ2n) is 4.89. The first-order valence-corrected chi connectivity index (χ1v) is 7.76. The number of aryl methyl sites for hydroxylation is 1. The Kier molecular flexibility index (Phi) is 3.64. The normalized spacial score (nSPS) is 16.2. The van der Waals surface area contributed by atoms with Crippen molar-refractivity contribution in [3.8, 4) is 0 Å². The van der Waals surface area contributed by atoms with E-state index in [2.05, 4.69) is 0 Å². The van der Waals surface area contributed by atoms with Crippen molar-refractivity contribution in [3.05, 3.63) is 23.8 Å². The van der Waals surface area contributed by atoms with Gasteiger partial charge >= 0.3 is 0 Å². The molecule has 0 heterocycles. The Bertz CT molecular complexity index is 516. The van der Waals surface area contributed by atoms with Crippen molar-refractivity contribution >= 4 is 15.7 Å². The van der Waals surface area contributed by atoms with Gasteiger partial charge in [0.2, 0.25) is 10.0 Å². The van der Waals surface area contributed by atoms with Gasteiger partial charge in [0.05, 0.1) is 5.69 Å². The summed E-state index contributed by atoms with van der Waals surface area (Å²) < 4.78 is 26.8. The highest BCUT2D eigenvalue weighted by molar-refractivity contribution is 7.89. The second kappa shape index (κ2) is 4.90. The van der Waals surface area contributed by atoms with Gasteiger partial charge in [0.1, 0.15) is 4.90 Å². The van der Waals surface area contributed by atoms with Crippen LogP contribution in [-0.2, 0) is 10.0 Å². The van der Waals surface area contributed by atoms with Crippen molar-refractivity contribution < 1.29 is 8.42 Å². The van der Waals surface area contributed by atoms with Crippen molar-refractivity contribution in [2.75, 3.05) is 18.8 Å². The van der Waals surface area contributed by atoms with Crippen LogP contribution in [0.1, 0.15) is 25.3 Å². The summed E-state index contributed by atoms with van der Waals surface area (Å²) in [4.78, 5) is 0.271. The monoisotopic (exact) mass is 268 g/mol. The van der Waals surface area contributed by atoms with E-state index >= 15 is 0 Å². The van der Waals surface area contributed by atoms with Crippen LogP contribution >= 0.6 is 0 Å². The molecule has 0 aromatic heterocycles. The Morgan fingerprint density at radius 2 is 2.06 bits per heavy atom. The molecule has 1 aromatic carbocycles. The average Bonchev–Trinajstić information content (AvgIpc) is 3.08. The van der Waals surface area contributed by atoms with Gasteiger partial charge < -0.3 is 5.73 Å². The van der Waals surface area contributed by atoms with Gasteiger partial charge in [0.25, 0.3) is 0 Å². The van der Waals surface area contributed by atoms with Gasteiger partial charge in [-0.3, -0.25) is 0 Å². The van der Waals surface area contributed by atoms with Crippen LogP contribution in [0, 0.1) is 12.8 Å². The van der Waals surface area contributed by atoms with Crippen LogP contribution in [0.4, 0.5) is 5.69 Å². The lowest BCUT2D eigenvalue weighted by atomic mass is 10.2. The molecule has 0 atom stereocenters. The van der Waals surface area contributed by atoms with E-state index in [4.69, 9.17) is 5.73 Å². The summed E-state index contributed by atoms with van der Waals surface area (Å²) >= 11 is 0. The van der Waals surface area contributed by atoms with Crippen LogP contribution in [0.15, 0.2) is 23.1 Å². The fourth-order valence-electron chi connectivity index (χ4n) is 2.14. The Balaban J connectivity index is 2.39. The molecule has 1 aliphatic carbocycles. The molecule has 100 valence electrons. The molecule has 0 aliphatic heterocycles. The number of rotatable bonds is 5. The van der Waals surface area contributed by atoms with Gasteiger partial charge in [0.15, 0.2) is 0 Å². The summed E-state index contributed by atoms with van der Waals surface area (Å²) in [5, 5.41) is 0. The van der Waals surface area contributed by atoms with Crippen LogP contribution in [0.2, 0.25) is 0 Å². The highest BCUT2D eigenvalue weighted by atomic mass is 32.2. The summed E-state index contributed by atoms with van der Waals surface area (Å²) in [5.74, 6) is 0.532. The summed E-state index contributed by atoms with van der Waals surface area (Å²) in [6, 6.07) is 5.21. The molecule has 5 heteroatoms. The molecule has 0 saturated heterocycles. The Hall–Kier alpha value is -1.07. The largest absolute Gasteiger partial charge is 0.398 e. The first kappa shape index (κ1) is 13.4. The van der Waals surface area contributed by atoms with Crippen molar-refractivity contribution in [1.82, 2.24) is 4.31 Å². The quantitative estimate of drug-likeness (QED) is 0.831. The summed E-state index contributed by atoms with van der Waals surface area (Å²) in [6.45, 7) is 4.77. The maximum absolute atomic E-state index is 12.6. The molecule has 0 spiro atoms. The third kappa shape index (κ3) is 2.52. The number of hydrogen-bond donors (Lipinski definition) is 1. The first-order chi connectivity index (χ1) is 8.46. The van der Waals surface area contributed by atoms with E-state index in [1.54, 1.807) is 29.4 Å². The summed E-state index contributed by atoms with van der Waals surface area (Å²) in [7, 11) is -3.46. The molecule has 1 aromatic rings. The molecule has 0 radical (unpaired) electrons. The zero-order chi connectivity index (χ0) is 13.3. The first-order valence-electron chi connectivity index (χ1n) is 6.32. The minimum absolute atomic E-state index is 0.271. The lowest BCUT2D eigenvalue weighted by Crippen LogP contribution is -2.33. The molecule has 0 unspecified atom stereocenters. The van der Waals surface area contributed by atoms with Gasteiger partial charge in [-0.1, -0.05) is 19.1 Å². The van der Waals surface area contributed by atoms with Gasteiger partial charge in [0, 0.05) is 13.1 Å². The molecular formula is C13H20N2O2S. The van der Waals surface area contributed by atoms with Crippen LogP contribution in [0.3, 0.4) is 0 Å². The van der Waals surface area contributed by atoms with E-state index in [1.165, 1.54) is 0 Å². The Labute approximate surface area is 109 Å². The van der Waals surface area contributed by atoms with Gasteiger partial charge in [-0.2, -0.15) is 4.31 Å². The predicted molar refractivity (Wildman–Crippen MR) is 72.7 cm³/mol. The zero-order valence-electron chi connectivity index (χ0n) is 10.9. The van der Waals surface area contributed by atoms with E-state index in [0.717, 1.165) is 12.8 Å². The van der Waals surface area contributed by atoms with E-state index in [9.17, 15) is 8.42 Å². The summed E-state index contributed by atoms with van der Waals surface area (Å²) in [5.41, 5.74) is 6.89. The van der Waals surface area contributed by atoms with Crippen LogP contribution in [0.5, 0.6) is 0 Å². The van der Waals surface area contributed by atoms with Gasteiger partial charge in [-0.25, -0.2) is 8.42 Å². The topological polar surface area (TPSA) is 63.4 Å². The predicted octanol–water partition coefficient (Wildman–Crippen LogP) is 2.00. The number of sulfonamides is 1. The minimum Gasteiger partial charge on any atom is -0.398 e. The highest BCUT2D eigenvalue weighted by Crippen LogP contribution is 2.33. The van der Waals surface area contributed by atoms with Crippen molar-refractivity contribution in [3.63, 3.8) is 0 Å². The maximum atomic E-state index is 12.6. The molecule has 2 rings (SSSR count). The number of hydrogen-bond acceptors (Lipinski definition) is 3. The lowest BCUT2D eigenvalue weighted by Gasteiger charge is -2.22. The van der Waals surface area contributed by atoms with Crippen LogP contribution in [-0.4, -0.2) is 25.8 Å². The van der Waals surface area contributed by atoms with E-state index in [1.807, 2.05) is 6.92 Å². The van der Waals surface area contributed by atoms with Crippen LogP contribution < -0.4 is 5.73 Å². The molecule has 2 N–H and O–H groups in total. The van der Waals surface area contributed by atoms with Crippen molar-refractivity contribution in [2.45, 2.75) is 31.6 Å². The third-order valence-electron chi connectivity index (χ3n) is 3.35. The Morgan fingerprint density at radius 1 is 1.39 bits per heavy atom. The number of benzene rings is 1. The highest BCUT2D eigenvalue weighted by Gasteiger charge is 2.32. The lowest BCUT2D eigenvalue weighted by molar-refractivity contribution is 0.412. The van der Waals surface area contributed by atoms with Crippen LogP contribution in [0.25, 0.3) is 0 Å². The second-order valence-corrected chi connectivity index (χ2v) is 6.77. The molecule has 4 nitrogen and oxygen atoms in total. The van der Waals surface area contributed by atoms with Crippen molar-refractivity contribution in [1.29, 1.82) is 0 Å². The summed E-state index contributed by atoms with van der Waals surface area (Å²) in [6.07, 6.45) is 2.27. The fourth-order valence-corrected chi connectivity index (χ4v) is 3.99. The molecule has 0 amide bonds. The zero-order valence-corrected chi connectivity index (χ0v) is 11.7. The van der Waals surface area contributed by atoms with Crippen molar-refractivity contribution in [2.24, 2.45) is 5.92 Å². The molecule has 1 aliphatic rings. The SMILES string of the molecule is CCN(CC1CC1)S(=O)(=O)c1c(C)cccc1N. The minimum atomic E-state index is -3.46. The molecule has 1 saturated carbocycles. The standard InChI is InChI=1S/C13H20N2O2S/c1-3-15(9-11-7-8-11)18(16,17)13-10(2)5-4-6-12(13)14/h4-6,11H,3,7-9,14H2,1-2H3. The number of nitrogens with zero attached hydrogens (tertiary/aromatic N) is 1. The fraction of sp³-hybridized carbons (Fsp3) is 0.538. The van der Waals surface area contributed by atoms with Gasteiger partial charge in [-0.15, -0.1) is 0 Å². The molecular weight excluding hydrogens is 248 g/mol. The Morgan fingerprint density at radius 3 is 2.56 bits per heavy atom. The number of nitrogens with two attached hydrogens (primary N) is 1. The third-order valence-corrected chi connectivity index (χ3v) is 5.51. The number of anilines is 1. The van der Waals surface area contributed by atoms with E-state index < -0.39 is 10.0 Å². The number of nitrogen functional groups attached to an aromatic ring is 1. The van der Waals surface area contributed by atoms with Gasteiger partial charge in [-0.05, 0) is 37.3 Å². The molecule has 1 fully saturated rings.